The molecule has 1 saturated heterocycles. The van der Waals surface area contributed by atoms with Crippen LogP contribution in [0, 0.1) is 18.3 Å². The van der Waals surface area contributed by atoms with Crippen LogP contribution < -0.4 is 10.6 Å². The van der Waals surface area contributed by atoms with E-state index in [1.165, 1.54) is 6.07 Å². The molecule has 2 heterocycles. The van der Waals surface area contributed by atoms with Gasteiger partial charge in [-0.05, 0) is 13.0 Å². The first kappa shape index (κ1) is 12.6. The molecule has 94 valence electrons. The average Bonchev–Trinajstić information content (AvgIpc) is 2.27. The summed E-state index contributed by atoms with van der Waals surface area (Å²) in [6, 6.07) is 3.50. The predicted molar refractivity (Wildman–Crippen MR) is 65.1 cm³/mol. The van der Waals surface area contributed by atoms with Crippen molar-refractivity contribution in [3.63, 3.8) is 0 Å². The van der Waals surface area contributed by atoms with Crippen LogP contribution in [0.1, 0.15) is 11.3 Å². The highest BCUT2D eigenvalue weighted by atomic mass is 35.5. The summed E-state index contributed by atoms with van der Waals surface area (Å²) in [5.41, 5.74) is 4.50. The standard InChI is InChI=1S/C11H11ClN4O2/c1-6-7(3-13)2-8(12)9(15-6)16-4-11(18,5-16)10(14)17/h2,18H,4-5H2,1H3,(H2,14,17). The molecule has 0 saturated carbocycles. The number of anilines is 1. The molecule has 0 aliphatic carbocycles. The third-order valence-electron chi connectivity index (χ3n) is 2.93. The summed E-state index contributed by atoms with van der Waals surface area (Å²) in [4.78, 5) is 16.8. The summed E-state index contributed by atoms with van der Waals surface area (Å²) in [7, 11) is 0. The highest BCUT2D eigenvalue weighted by Gasteiger charge is 2.47. The number of halogens is 1. The van der Waals surface area contributed by atoms with Gasteiger partial charge in [0.15, 0.2) is 5.60 Å². The number of carbonyl (C=O) groups is 1. The van der Waals surface area contributed by atoms with Crippen molar-refractivity contribution in [2.45, 2.75) is 12.5 Å². The highest BCUT2D eigenvalue weighted by molar-refractivity contribution is 6.33. The third kappa shape index (κ3) is 1.88. The fraction of sp³-hybridized carbons (Fsp3) is 0.364. The minimum Gasteiger partial charge on any atom is -0.377 e. The monoisotopic (exact) mass is 266 g/mol. The number of β-amino-alcohol motifs (C(OH)–C–C–N with tert-alkyl or cyclic N) is 1. The van der Waals surface area contributed by atoms with E-state index in [2.05, 4.69) is 4.98 Å². The molecule has 1 aliphatic rings. The van der Waals surface area contributed by atoms with Crippen LogP contribution in [0.4, 0.5) is 5.82 Å². The molecule has 1 aromatic heterocycles. The Morgan fingerprint density at radius 1 is 1.72 bits per heavy atom. The molecule has 0 radical (unpaired) electrons. The molecule has 1 aromatic rings. The molecule has 3 N–H and O–H groups in total. The van der Waals surface area contributed by atoms with Crippen molar-refractivity contribution < 1.29 is 9.90 Å². The highest BCUT2D eigenvalue weighted by Crippen LogP contribution is 2.32. The van der Waals surface area contributed by atoms with E-state index in [9.17, 15) is 9.90 Å². The van der Waals surface area contributed by atoms with E-state index in [0.717, 1.165) is 0 Å². The van der Waals surface area contributed by atoms with E-state index in [-0.39, 0.29) is 13.1 Å². The number of nitriles is 1. The normalized spacial score (nSPS) is 16.9. The number of aliphatic hydroxyl groups is 1. The SMILES string of the molecule is Cc1nc(N2CC(O)(C(N)=O)C2)c(Cl)cc1C#N. The van der Waals surface area contributed by atoms with Gasteiger partial charge in [0.05, 0.1) is 29.4 Å². The Hall–Kier alpha value is -1.84. The molecule has 0 atom stereocenters. The summed E-state index contributed by atoms with van der Waals surface area (Å²) in [6.07, 6.45) is 0. The molecular weight excluding hydrogens is 256 g/mol. The smallest absolute Gasteiger partial charge is 0.253 e. The van der Waals surface area contributed by atoms with Gasteiger partial charge in [0.1, 0.15) is 11.9 Å². The number of carbonyl (C=O) groups excluding carboxylic acids is 1. The molecule has 1 amide bonds. The maximum atomic E-state index is 11.0. The van der Waals surface area contributed by atoms with Crippen LogP contribution >= 0.6 is 11.6 Å². The van der Waals surface area contributed by atoms with Crippen LogP contribution in [-0.2, 0) is 4.79 Å². The van der Waals surface area contributed by atoms with E-state index in [1.54, 1.807) is 11.8 Å². The zero-order valence-electron chi connectivity index (χ0n) is 9.64. The molecule has 0 spiro atoms. The van der Waals surface area contributed by atoms with Crippen LogP contribution in [0.25, 0.3) is 0 Å². The van der Waals surface area contributed by atoms with Gasteiger partial charge in [-0.2, -0.15) is 5.26 Å². The molecule has 1 fully saturated rings. The van der Waals surface area contributed by atoms with Crippen molar-refractivity contribution in [3.8, 4) is 6.07 Å². The minimum absolute atomic E-state index is 0.0559. The van der Waals surface area contributed by atoms with Gasteiger partial charge < -0.3 is 15.7 Å². The quantitative estimate of drug-likeness (QED) is 0.781. The van der Waals surface area contributed by atoms with Gasteiger partial charge in [0.25, 0.3) is 5.91 Å². The van der Waals surface area contributed by atoms with Crippen LogP contribution in [0.5, 0.6) is 0 Å². The van der Waals surface area contributed by atoms with Crippen molar-refractivity contribution in [2.24, 2.45) is 5.73 Å². The van der Waals surface area contributed by atoms with Crippen molar-refractivity contribution >= 4 is 23.3 Å². The average molecular weight is 267 g/mol. The number of amides is 1. The molecule has 7 heteroatoms. The summed E-state index contributed by atoms with van der Waals surface area (Å²) < 4.78 is 0. The number of aromatic nitrogens is 1. The summed E-state index contributed by atoms with van der Waals surface area (Å²) >= 11 is 6.01. The molecule has 1 aliphatic heterocycles. The predicted octanol–water partition coefficient (Wildman–Crippen LogP) is -0.0485. The second kappa shape index (κ2) is 4.12. The Morgan fingerprint density at radius 3 is 2.83 bits per heavy atom. The Labute approximate surface area is 109 Å². The van der Waals surface area contributed by atoms with Crippen LogP contribution in [0.3, 0.4) is 0 Å². The fourth-order valence-corrected chi connectivity index (χ4v) is 2.06. The third-order valence-corrected chi connectivity index (χ3v) is 3.21. The zero-order valence-corrected chi connectivity index (χ0v) is 10.4. The van der Waals surface area contributed by atoms with Crippen molar-refractivity contribution in [2.75, 3.05) is 18.0 Å². The first-order valence-electron chi connectivity index (χ1n) is 5.22. The Balaban J connectivity index is 2.26. The van der Waals surface area contributed by atoms with Crippen LogP contribution in [-0.4, -0.2) is 34.7 Å². The molecule has 0 unspecified atom stereocenters. The lowest BCUT2D eigenvalue weighted by atomic mass is 9.93. The van der Waals surface area contributed by atoms with Crippen LogP contribution in [0.2, 0.25) is 5.02 Å². The lowest BCUT2D eigenvalue weighted by Crippen LogP contribution is -2.68. The number of hydrogen-bond donors (Lipinski definition) is 2. The summed E-state index contributed by atoms with van der Waals surface area (Å²) in [6.45, 7) is 1.80. The lowest BCUT2D eigenvalue weighted by Gasteiger charge is -2.45. The van der Waals surface area contributed by atoms with Gasteiger partial charge in [0, 0.05) is 0 Å². The molecular formula is C11H11ClN4O2. The maximum Gasteiger partial charge on any atom is 0.253 e. The van der Waals surface area contributed by atoms with E-state index >= 15 is 0 Å². The van der Waals surface area contributed by atoms with Gasteiger partial charge >= 0.3 is 0 Å². The number of hydrogen-bond acceptors (Lipinski definition) is 5. The lowest BCUT2D eigenvalue weighted by molar-refractivity contribution is -0.138. The number of nitrogens with zero attached hydrogens (tertiary/aromatic N) is 3. The molecule has 2 rings (SSSR count). The van der Waals surface area contributed by atoms with Crippen LogP contribution in [0.15, 0.2) is 6.07 Å². The Bertz CT molecular complexity index is 561. The first-order valence-corrected chi connectivity index (χ1v) is 5.59. The number of aryl methyl sites for hydroxylation is 1. The molecule has 0 bridgehead atoms. The minimum atomic E-state index is -1.52. The molecule has 18 heavy (non-hydrogen) atoms. The van der Waals surface area contributed by atoms with Crippen molar-refractivity contribution in [3.05, 3.63) is 22.3 Å². The number of pyridine rings is 1. The first-order chi connectivity index (χ1) is 8.37. The van der Waals surface area contributed by atoms with E-state index in [1.807, 2.05) is 6.07 Å². The van der Waals surface area contributed by atoms with Gasteiger partial charge in [0.2, 0.25) is 0 Å². The van der Waals surface area contributed by atoms with E-state index < -0.39 is 11.5 Å². The zero-order chi connectivity index (χ0) is 13.5. The van der Waals surface area contributed by atoms with Gasteiger partial charge in [-0.25, -0.2) is 4.98 Å². The summed E-state index contributed by atoms with van der Waals surface area (Å²) in [5.74, 6) is -0.320. The van der Waals surface area contributed by atoms with Crippen molar-refractivity contribution in [1.82, 2.24) is 4.98 Å². The maximum absolute atomic E-state index is 11.0. The van der Waals surface area contributed by atoms with Gasteiger partial charge in [-0.15, -0.1) is 0 Å². The Kier molecular flexibility index (Phi) is 2.89. The number of nitrogens with two attached hydrogens (primary N) is 1. The second-order valence-corrected chi connectivity index (χ2v) is 4.70. The summed E-state index contributed by atoms with van der Waals surface area (Å²) in [5, 5.41) is 18.9. The van der Waals surface area contributed by atoms with E-state index in [4.69, 9.17) is 22.6 Å². The van der Waals surface area contributed by atoms with Gasteiger partial charge in [-0.1, -0.05) is 11.6 Å². The van der Waals surface area contributed by atoms with Gasteiger partial charge in [-0.3, -0.25) is 4.79 Å². The fourth-order valence-electron chi connectivity index (χ4n) is 1.79. The topological polar surface area (TPSA) is 103 Å². The van der Waals surface area contributed by atoms with Crippen molar-refractivity contribution in [1.29, 1.82) is 5.26 Å². The largest absolute Gasteiger partial charge is 0.377 e. The molecule has 6 nitrogen and oxygen atoms in total. The molecule has 0 aromatic carbocycles. The van der Waals surface area contributed by atoms with E-state index in [0.29, 0.717) is 22.1 Å². The second-order valence-electron chi connectivity index (χ2n) is 4.29. The number of primary amides is 1. The Morgan fingerprint density at radius 2 is 2.33 bits per heavy atom. The number of rotatable bonds is 2.